The van der Waals surface area contributed by atoms with E-state index in [1.165, 1.54) is 4.90 Å². The summed E-state index contributed by atoms with van der Waals surface area (Å²) >= 11 is 0. The van der Waals surface area contributed by atoms with E-state index in [-0.39, 0.29) is 24.3 Å². The molecule has 184 valence electrons. The number of benzene rings is 2. The molecule has 1 atom stereocenters. The number of anilines is 1. The van der Waals surface area contributed by atoms with Gasteiger partial charge in [-0.25, -0.2) is 4.79 Å². The summed E-state index contributed by atoms with van der Waals surface area (Å²) in [5.41, 5.74) is 2.68. The summed E-state index contributed by atoms with van der Waals surface area (Å²) < 4.78 is 5.45. The second-order valence-corrected chi connectivity index (χ2v) is 9.97. The highest BCUT2D eigenvalue weighted by molar-refractivity contribution is 6.28. The molecule has 4 rings (SSSR count). The fourth-order valence-corrected chi connectivity index (χ4v) is 4.68. The SMILES string of the molecule is C/C=C(\CCN(C)C(=O)OC(C)(C)C)c1ccc2c3c(cccc13)N(C1CCC(=O)NC1=O)C2=O. The molecule has 2 aliphatic rings. The van der Waals surface area contributed by atoms with Crippen molar-refractivity contribution in [3.63, 3.8) is 0 Å². The molecule has 2 aliphatic heterocycles. The quantitative estimate of drug-likeness (QED) is 0.649. The van der Waals surface area contributed by atoms with E-state index >= 15 is 0 Å². The standard InChI is InChI=1S/C27H31N3O5/c1-6-16(14-15-29(5)26(34)35-27(2,3)4)17-10-11-19-23-18(17)8-7-9-20(23)30(25(19)33)21-12-13-22(31)28-24(21)32/h6-11,21H,12-15H2,1-5H3,(H,28,31,32)/b16-6+. The van der Waals surface area contributed by atoms with Crippen molar-refractivity contribution in [2.24, 2.45) is 0 Å². The Bertz CT molecular complexity index is 1260. The van der Waals surface area contributed by atoms with Crippen LogP contribution in [0.5, 0.6) is 0 Å². The van der Waals surface area contributed by atoms with Gasteiger partial charge in [-0.3, -0.25) is 24.6 Å². The zero-order valence-corrected chi connectivity index (χ0v) is 20.8. The molecule has 0 aromatic heterocycles. The summed E-state index contributed by atoms with van der Waals surface area (Å²) in [6, 6.07) is 8.70. The van der Waals surface area contributed by atoms with Gasteiger partial charge in [-0.05, 0) is 69.2 Å². The molecule has 2 aromatic carbocycles. The van der Waals surface area contributed by atoms with Crippen molar-refractivity contribution >= 4 is 45.8 Å². The fraction of sp³-hybridized carbons (Fsp3) is 0.407. The van der Waals surface area contributed by atoms with Crippen LogP contribution >= 0.6 is 0 Å². The summed E-state index contributed by atoms with van der Waals surface area (Å²) in [6.07, 6.45) is 2.74. The molecule has 8 nitrogen and oxygen atoms in total. The van der Waals surface area contributed by atoms with Gasteiger partial charge in [0.1, 0.15) is 11.6 Å². The van der Waals surface area contributed by atoms with Crippen molar-refractivity contribution in [3.05, 3.63) is 47.5 Å². The van der Waals surface area contributed by atoms with Gasteiger partial charge in [-0.2, -0.15) is 0 Å². The minimum atomic E-state index is -0.717. The number of amides is 4. The van der Waals surface area contributed by atoms with Crippen molar-refractivity contribution in [3.8, 4) is 0 Å². The van der Waals surface area contributed by atoms with Crippen molar-refractivity contribution < 1.29 is 23.9 Å². The number of allylic oxidation sites excluding steroid dienone is 1. The maximum absolute atomic E-state index is 13.3. The summed E-state index contributed by atoms with van der Waals surface area (Å²) in [7, 11) is 1.71. The first-order valence-corrected chi connectivity index (χ1v) is 11.8. The molecule has 2 aromatic rings. The van der Waals surface area contributed by atoms with Gasteiger partial charge in [0.05, 0.1) is 5.69 Å². The van der Waals surface area contributed by atoms with Crippen LogP contribution in [-0.4, -0.2) is 54.0 Å². The van der Waals surface area contributed by atoms with Crippen LogP contribution < -0.4 is 10.2 Å². The molecule has 1 N–H and O–H groups in total. The first-order chi connectivity index (χ1) is 16.5. The molecule has 1 unspecified atom stereocenters. The molecule has 1 fully saturated rings. The van der Waals surface area contributed by atoms with E-state index in [0.29, 0.717) is 30.6 Å². The second kappa shape index (κ2) is 9.17. The van der Waals surface area contributed by atoms with E-state index in [1.807, 2.05) is 58.0 Å². The summed E-state index contributed by atoms with van der Waals surface area (Å²) in [4.78, 5) is 53.0. The Morgan fingerprint density at radius 3 is 2.60 bits per heavy atom. The lowest BCUT2D eigenvalue weighted by atomic mass is 9.93. The van der Waals surface area contributed by atoms with Crippen LogP contribution in [0.2, 0.25) is 0 Å². The van der Waals surface area contributed by atoms with Crippen LogP contribution in [0.3, 0.4) is 0 Å². The van der Waals surface area contributed by atoms with Crippen LogP contribution in [0.4, 0.5) is 10.5 Å². The van der Waals surface area contributed by atoms with Gasteiger partial charge in [-0.15, -0.1) is 0 Å². The van der Waals surface area contributed by atoms with Gasteiger partial charge >= 0.3 is 6.09 Å². The van der Waals surface area contributed by atoms with E-state index < -0.39 is 17.6 Å². The molecule has 0 radical (unpaired) electrons. The van der Waals surface area contributed by atoms with Crippen molar-refractivity contribution in [1.29, 1.82) is 0 Å². The Kier molecular flexibility index (Phi) is 6.40. The maximum Gasteiger partial charge on any atom is 0.410 e. The van der Waals surface area contributed by atoms with Crippen LogP contribution in [0.25, 0.3) is 16.3 Å². The number of piperidine rings is 1. The second-order valence-electron chi connectivity index (χ2n) is 9.97. The first-order valence-electron chi connectivity index (χ1n) is 11.8. The Hall–Kier alpha value is -3.68. The summed E-state index contributed by atoms with van der Waals surface area (Å²) in [6.45, 7) is 7.93. The highest BCUT2D eigenvalue weighted by Gasteiger charge is 2.40. The topological polar surface area (TPSA) is 96.0 Å². The van der Waals surface area contributed by atoms with E-state index in [0.717, 1.165) is 21.9 Å². The smallest absolute Gasteiger partial charge is 0.410 e. The third-order valence-corrected chi connectivity index (χ3v) is 6.37. The number of carbonyl (C=O) groups excluding carboxylic acids is 4. The molecule has 1 saturated heterocycles. The average Bonchev–Trinajstić information content (AvgIpc) is 3.07. The van der Waals surface area contributed by atoms with Gasteiger partial charge in [0.2, 0.25) is 11.8 Å². The predicted octanol–water partition coefficient (Wildman–Crippen LogP) is 4.27. The number of hydrogen-bond acceptors (Lipinski definition) is 5. The largest absolute Gasteiger partial charge is 0.444 e. The third kappa shape index (κ3) is 4.65. The van der Waals surface area contributed by atoms with Crippen LogP contribution in [0.1, 0.15) is 62.9 Å². The van der Waals surface area contributed by atoms with Gasteiger partial charge < -0.3 is 9.64 Å². The number of ether oxygens (including phenoxy) is 1. The maximum atomic E-state index is 13.3. The minimum Gasteiger partial charge on any atom is -0.444 e. The molecule has 0 saturated carbocycles. The number of imide groups is 1. The fourth-order valence-electron chi connectivity index (χ4n) is 4.68. The zero-order valence-electron chi connectivity index (χ0n) is 20.8. The predicted molar refractivity (Wildman–Crippen MR) is 134 cm³/mol. The van der Waals surface area contributed by atoms with Gasteiger partial charge in [-0.1, -0.05) is 24.3 Å². The normalized spacial score (nSPS) is 18.2. The molecule has 0 spiro atoms. The van der Waals surface area contributed by atoms with E-state index in [1.54, 1.807) is 18.0 Å². The third-order valence-electron chi connectivity index (χ3n) is 6.37. The number of nitrogens with one attached hydrogen (secondary N) is 1. The highest BCUT2D eigenvalue weighted by Crippen LogP contribution is 2.42. The molecule has 8 heteroatoms. The molecule has 0 aliphatic carbocycles. The molecule has 0 bridgehead atoms. The van der Waals surface area contributed by atoms with Gasteiger partial charge in [0.25, 0.3) is 5.91 Å². The Balaban J connectivity index is 1.63. The lowest BCUT2D eigenvalue weighted by Crippen LogP contribution is -2.53. The van der Waals surface area contributed by atoms with Crippen molar-refractivity contribution in [1.82, 2.24) is 10.2 Å². The highest BCUT2D eigenvalue weighted by atomic mass is 16.6. The van der Waals surface area contributed by atoms with Crippen LogP contribution in [-0.2, 0) is 14.3 Å². The first kappa shape index (κ1) is 24.4. The summed E-state index contributed by atoms with van der Waals surface area (Å²) in [5.74, 6) is -0.993. The van der Waals surface area contributed by atoms with Crippen molar-refractivity contribution in [2.45, 2.75) is 58.6 Å². The molecule has 4 amide bonds. The lowest BCUT2D eigenvalue weighted by Gasteiger charge is -2.30. The molecular formula is C27H31N3O5. The monoisotopic (exact) mass is 477 g/mol. The van der Waals surface area contributed by atoms with Crippen LogP contribution in [0.15, 0.2) is 36.4 Å². The van der Waals surface area contributed by atoms with E-state index in [9.17, 15) is 19.2 Å². The average molecular weight is 478 g/mol. The molecular weight excluding hydrogens is 446 g/mol. The Morgan fingerprint density at radius 2 is 1.94 bits per heavy atom. The minimum absolute atomic E-state index is 0.200. The number of carbonyl (C=O) groups is 4. The molecule has 35 heavy (non-hydrogen) atoms. The van der Waals surface area contributed by atoms with Gasteiger partial charge in [0.15, 0.2) is 0 Å². The number of rotatable bonds is 5. The Morgan fingerprint density at radius 1 is 1.20 bits per heavy atom. The number of hydrogen-bond donors (Lipinski definition) is 1. The summed E-state index contributed by atoms with van der Waals surface area (Å²) in [5, 5.41) is 4.07. The number of nitrogens with zero attached hydrogens (tertiary/aromatic N) is 2. The van der Waals surface area contributed by atoms with E-state index in [4.69, 9.17) is 4.74 Å². The zero-order chi connectivity index (χ0) is 25.5. The van der Waals surface area contributed by atoms with Crippen LogP contribution in [0, 0.1) is 0 Å². The van der Waals surface area contributed by atoms with Gasteiger partial charge in [0, 0.05) is 31.0 Å². The Labute approximate surface area is 204 Å². The van der Waals surface area contributed by atoms with E-state index in [2.05, 4.69) is 5.32 Å². The molecule has 2 heterocycles. The van der Waals surface area contributed by atoms with Crippen molar-refractivity contribution in [2.75, 3.05) is 18.5 Å². The lowest BCUT2D eigenvalue weighted by molar-refractivity contribution is -0.134.